The van der Waals surface area contributed by atoms with Crippen molar-refractivity contribution in [1.82, 2.24) is 4.31 Å². The molecule has 2 unspecified atom stereocenters. The molecule has 1 fully saturated rings. The first-order chi connectivity index (χ1) is 10.5. The van der Waals surface area contributed by atoms with Gasteiger partial charge in [-0.15, -0.1) is 0 Å². The topological polar surface area (TPSA) is 46.6 Å². The molecule has 0 aromatic heterocycles. The zero-order valence-electron chi connectivity index (χ0n) is 13.6. The van der Waals surface area contributed by atoms with Crippen LogP contribution in [0.15, 0.2) is 30.3 Å². The number of unbranched alkanes of at least 4 members (excludes halogenated alkanes) is 1. The van der Waals surface area contributed by atoms with Crippen molar-refractivity contribution in [1.29, 1.82) is 0 Å². The molecule has 2 atom stereocenters. The summed E-state index contributed by atoms with van der Waals surface area (Å²) in [6.45, 7) is 4.94. The molecule has 5 heteroatoms. The lowest BCUT2D eigenvalue weighted by Gasteiger charge is -2.36. The molecule has 0 radical (unpaired) electrons. The molecule has 1 heterocycles. The predicted octanol–water partition coefficient (Wildman–Crippen LogP) is 2.84. The van der Waals surface area contributed by atoms with E-state index in [1.165, 1.54) is 5.56 Å². The van der Waals surface area contributed by atoms with Crippen molar-refractivity contribution in [2.75, 3.05) is 18.8 Å². The number of ether oxygens (including phenoxy) is 1. The van der Waals surface area contributed by atoms with Crippen LogP contribution in [0.4, 0.5) is 0 Å². The van der Waals surface area contributed by atoms with Gasteiger partial charge in [-0.2, -0.15) is 4.31 Å². The Labute approximate surface area is 134 Å². The van der Waals surface area contributed by atoms with Gasteiger partial charge in [0, 0.05) is 13.1 Å². The summed E-state index contributed by atoms with van der Waals surface area (Å²) >= 11 is 0. The van der Waals surface area contributed by atoms with Crippen LogP contribution in [0.25, 0.3) is 0 Å². The van der Waals surface area contributed by atoms with Gasteiger partial charge in [0.15, 0.2) is 0 Å². The summed E-state index contributed by atoms with van der Waals surface area (Å²) in [7, 11) is -3.14. The van der Waals surface area contributed by atoms with E-state index in [1.54, 1.807) is 4.31 Å². The van der Waals surface area contributed by atoms with Crippen LogP contribution in [0.5, 0.6) is 0 Å². The fraction of sp³-hybridized carbons (Fsp3) is 0.647. The van der Waals surface area contributed by atoms with Crippen molar-refractivity contribution < 1.29 is 13.2 Å². The largest absolute Gasteiger partial charge is 0.373 e. The van der Waals surface area contributed by atoms with Crippen LogP contribution < -0.4 is 0 Å². The first-order valence-electron chi connectivity index (χ1n) is 8.18. The number of morpholine rings is 1. The highest BCUT2D eigenvalue weighted by Gasteiger charge is 2.32. The van der Waals surface area contributed by atoms with Gasteiger partial charge < -0.3 is 4.74 Å². The molecule has 1 aliphatic rings. The van der Waals surface area contributed by atoms with Gasteiger partial charge in [-0.3, -0.25) is 0 Å². The first kappa shape index (κ1) is 17.4. The van der Waals surface area contributed by atoms with Gasteiger partial charge in [0.1, 0.15) is 0 Å². The Morgan fingerprint density at radius 3 is 2.64 bits per heavy atom. The third-order valence-electron chi connectivity index (χ3n) is 4.04. The van der Waals surface area contributed by atoms with Crippen molar-refractivity contribution in [3.63, 3.8) is 0 Å². The summed E-state index contributed by atoms with van der Waals surface area (Å²) < 4.78 is 32.3. The molecular weight excluding hydrogens is 298 g/mol. The van der Waals surface area contributed by atoms with E-state index in [0.717, 1.165) is 25.7 Å². The molecule has 22 heavy (non-hydrogen) atoms. The Balaban J connectivity index is 1.93. The Kier molecular flexibility index (Phi) is 6.41. The minimum atomic E-state index is -3.14. The molecule has 2 rings (SSSR count). The second-order valence-electron chi connectivity index (χ2n) is 6.08. The van der Waals surface area contributed by atoms with E-state index in [9.17, 15) is 8.42 Å². The summed E-state index contributed by atoms with van der Waals surface area (Å²) in [4.78, 5) is 0. The second kappa shape index (κ2) is 8.09. The smallest absolute Gasteiger partial charge is 0.214 e. The quantitative estimate of drug-likeness (QED) is 0.774. The molecule has 0 amide bonds. The fourth-order valence-electron chi connectivity index (χ4n) is 2.82. The van der Waals surface area contributed by atoms with Crippen LogP contribution in [0.2, 0.25) is 0 Å². The molecule has 0 saturated carbocycles. The van der Waals surface area contributed by atoms with Crippen LogP contribution >= 0.6 is 0 Å². The van der Waals surface area contributed by atoms with Crippen molar-refractivity contribution in [3.05, 3.63) is 35.9 Å². The molecular formula is C17H27NO3S. The van der Waals surface area contributed by atoms with Gasteiger partial charge in [0.25, 0.3) is 0 Å². The zero-order valence-corrected chi connectivity index (χ0v) is 14.4. The minimum Gasteiger partial charge on any atom is -0.373 e. The third-order valence-corrected chi connectivity index (χ3v) is 5.93. The van der Waals surface area contributed by atoms with E-state index >= 15 is 0 Å². The Morgan fingerprint density at radius 1 is 1.23 bits per heavy atom. The number of sulfonamides is 1. The molecule has 0 N–H and O–H groups in total. The van der Waals surface area contributed by atoms with E-state index in [0.29, 0.717) is 13.1 Å². The van der Waals surface area contributed by atoms with Gasteiger partial charge in [-0.05, 0) is 31.7 Å². The highest BCUT2D eigenvalue weighted by Crippen LogP contribution is 2.19. The van der Waals surface area contributed by atoms with Gasteiger partial charge in [0.05, 0.1) is 18.0 Å². The van der Waals surface area contributed by atoms with Gasteiger partial charge in [0.2, 0.25) is 10.0 Å². The Bertz CT molecular complexity index is 544. The summed E-state index contributed by atoms with van der Waals surface area (Å²) in [6, 6.07) is 10.3. The van der Waals surface area contributed by atoms with Crippen molar-refractivity contribution in [2.24, 2.45) is 0 Å². The number of benzene rings is 1. The van der Waals surface area contributed by atoms with Crippen LogP contribution in [-0.4, -0.2) is 43.8 Å². The molecule has 124 valence electrons. The maximum atomic E-state index is 12.4. The van der Waals surface area contributed by atoms with Crippen LogP contribution in [0, 0.1) is 0 Å². The van der Waals surface area contributed by atoms with E-state index in [1.807, 2.05) is 32.0 Å². The molecule has 1 aromatic rings. The van der Waals surface area contributed by atoms with Gasteiger partial charge >= 0.3 is 0 Å². The normalized spacial score (nSPS) is 23.5. The zero-order chi connectivity index (χ0) is 16.0. The van der Waals surface area contributed by atoms with Crippen molar-refractivity contribution in [3.8, 4) is 0 Å². The van der Waals surface area contributed by atoms with Gasteiger partial charge in [-0.25, -0.2) is 8.42 Å². The molecule has 0 aliphatic carbocycles. The lowest BCUT2D eigenvalue weighted by molar-refractivity contribution is -0.0567. The third kappa shape index (κ3) is 5.07. The lowest BCUT2D eigenvalue weighted by Crippen LogP contribution is -2.49. The Hall–Kier alpha value is -0.910. The number of aryl methyl sites for hydroxylation is 1. The van der Waals surface area contributed by atoms with Crippen LogP contribution in [0.3, 0.4) is 0 Å². The molecule has 1 aromatic carbocycles. The molecule has 0 spiro atoms. The van der Waals surface area contributed by atoms with Gasteiger partial charge in [-0.1, -0.05) is 43.7 Å². The first-order valence-corrected chi connectivity index (χ1v) is 9.79. The number of rotatable bonds is 7. The summed E-state index contributed by atoms with van der Waals surface area (Å²) in [5, 5.41) is 0. The average molecular weight is 325 g/mol. The Morgan fingerprint density at radius 2 is 1.95 bits per heavy atom. The SMILES string of the molecule is CCCCS(=O)(=O)N1CC(C)OC(CCc2ccccc2)C1. The van der Waals surface area contributed by atoms with Crippen molar-refractivity contribution >= 4 is 10.0 Å². The molecule has 1 saturated heterocycles. The highest BCUT2D eigenvalue weighted by atomic mass is 32.2. The molecule has 1 aliphatic heterocycles. The summed E-state index contributed by atoms with van der Waals surface area (Å²) in [5.74, 6) is 0.252. The maximum absolute atomic E-state index is 12.4. The van der Waals surface area contributed by atoms with E-state index in [4.69, 9.17) is 4.74 Å². The summed E-state index contributed by atoms with van der Waals surface area (Å²) in [6.07, 6.45) is 3.35. The standard InChI is InChI=1S/C17H27NO3S/c1-3-4-12-22(19,20)18-13-15(2)21-17(14-18)11-10-16-8-6-5-7-9-16/h5-9,15,17H,3-4,10-14H2,1-2H3. The number of hydrogen-bond acceptors (Lipinski definition) is 3. The average Bonchev–Trinajstić information content (AvgIpc) is 2.51. The van der Waals surface area contributed by atoms with E-state index < -0.39 is 10.0 Å². The molecule has 0 bridgehead atoms. The monoisotopic (exact) mass is 325 g/mol. The molecule has 4 nitrogen and oxygen atoms in total. The summed E-state index contributed by atoms with van der Waals surface area (Å²) in [5.41, 5.74) is 1.27. The minimum absolute atomic E-state index is 0.0136. The predicted molar refractivity (Wildman–Crippen MR) is 89.4 cm³/mol. The van der Waals surface area contributed by atoms with Crippen molar-refractivity contribution in [2.45, 2.75) is 51.7 Å². The van der Waals surface area contributed by atoms with E-state index in [2.05, 4.69) is 12.1 Å². The lowest BCUT2D eigenvalue weighted by atomic mass is 10.1. The van der Waals surface area contributed by atoms with Crippen LogP contribution in [-0.2, 0) is 21.2 Å². The van der Waals surface area contributed by atoms with Crippen LogP contribution in [0.1, 0.15) is 38.7 Å². The number of hydrogen-bond donors (Lipinski definition) is 0. The fourth-order valence-corrected chi connectivity index (χ4v) is 4.56. The second-order valence-corrected chi connectivity index (χ2v) is 8.17. The van der Waals surface area contributed by atoms with E-state index in [-0.39, 0.29) is 18.0 Å². The number of nitrogens with zero attached hydrogens (tertiary/aromatic N) is 1. The maximum Gasteiger partial charge on any atom is 0.214 e. The highest BCUT2D eigenvalue weighted by molar-refractivity contribution is 7.89.